The number of hydrogen-bond donors (Lipinski definition) is 1. The fourth-order valence-corrected chi connectivity index (χ4v) is 3.47. The van der Waals surface area contributed by atoms with Gasteiger partial charge in [-0.25, -0.2) is 0 Å². The molecule has 0 saturated heterocycles. The van der Waals surface area contributed by atoms with Crippen LogP contribution in [0.2, 0.25) is 0 Å². The zero-order valence-electron chi connectivity index (χ0n) is 12.9. The summed E-state index contributed by atoms with van der Waals surface area (Å²) in [5.74, 6) is 3.24. The lowest BCUT2D eigenvalue weighted by Crippen LogP contribution is -2.19. The molecule has 0 heterocycles. The van der Waals surface area contributed by atoms with E-state index in [9.17, 15) is 0 Å². The van der Waals surface area contributed by atoms with Crippen molar-refractivity contribution in [1.29, 1.82) is 0 Å². The highest BCUT2D eigenvalue weighted by Crippen LogP contribution is 2.20. The molecule has 2 heteroatoms. The Labute approximate surface area is 123 Å². The molecule has 0 bridgehead atoms. The molecular formula is C17H29NS. The predicted octanol–water partition coefficient (Wildman–Crippen LogP) is 4.68. The minimum Gasteiger partial charge on any atom is -0.312 e. The van der Waals surface area contributed by atoms with Gasteiger partial charge in [0.15, 0.2) is 0 Å². The van der Waals surface area contributed by atoms with E-state index in [1.54, 1.807) is 0 Å². The number of hydrogen-bond acceptors (Lipinski definition) is 2. The third kappa shape index (κ3) is 6.49. The molecule has 1 nitrogen and oxygen atoms in total. The van der Waals surface area contributed by atoms with Gasteiger partial charge in [0.25, 0.3) is 0 Å². The average molecular weight is 279 g/mol. The van der Waals surface area contributed by atoms with E-state index in [0.717, 1.165) is 11.7 Å². The summed E-state index contributed by atoms with van der Waals surface area (Å²) in [6.07, 6.45) is 3.73. The third-order valence-corrected chi connectivity index (χ3v) is 4.49. The number of benzene rings is 1. The molecule has 1 unspecified atom stereocenters. The fourth-order valence-electron chi connectivity index (χ4n) is 2.07. The van der Waals surface area contributed by atoms with Crippen molar-refractivity contribution in [3.8, 4) is 0 Å². The Morgan fingerprint density at radius 3 is 2.37 bits per heavy atom. The van der Waals surface area contributed by atoms with E-state index in [0.29, 0.717) is 6.04 Å². The van der Waals surface area contributed by atoms with E-state index in [4.69, 9.17) is 0 Å². The molecule has 19 heavy (non-hydrogen) atoms. The van der Waals surface area contributed by atoms with Crippen LogP contribution in [0.1, 0.15) is 50.8 Å². The van der Waals surface area contributed by atoms with E-state index in [2.05, 4.69) is 69.2 Å². The molecule has 0 amide bonds. The van der Waals surface area contributed by atoms with Crippen LogP contribution in [0.25, 0.3) is 0 Å². The van der Waals surface area contributed by atoms with Crippen molar-refractivity contribution >= 4 is 11.8 Å². The van der Waals surface area contributed by atoms with Gasteiger partial charge in [0.2, 0.25) is 0 Å². The molecule has 0 aliphatic rings. The fraction of sp³-hybridized carbons (Fsp3) is 0.647. The first kappa shape index (κ1) is 16.6. The number of nitrogens with one attached hydrogen (secondary N) is 1. The van der Waals surface area contributed by atoms with Crippen molar-refractivity contribution in [1.82, 2.24) is 5.32 Å². The van der Waals surface area contributed by atoms with Gasteiger partial charge in [-0.05, 0) is 42.7 Å². The molecule has 1 atom stereocenters. The van der Waals surface area contributed by atoms with E-state index in [1.165, 1.54) is 36.1 Å². The standard InChI is InChI=1S/C17H29NS/c1-5-6-15-7-9-16(10-8-15)17(18-4)13-19-12-11-14(2)3/h7-10,14,17-18H,5-6,11-13H2,1-4H3. The SMILES string of the molecule is CCCc1ccc(C(CSCCC(C)C)NC)cc1. The summed E-state index contributed by atoms with van der Waals surface area (Å²) < 4.78 is 0. The van der Waals surface area contributed by atoms with Crippen molar-refractivity contribution < 1.29 is 0 Å². The monoisotopic (exact) mass is 279 g/mol. The second-order valence-corrected chi connectivity index (χ2v) is 6.74. The average Bonchev–Trinajstić information content (AvgIpc) is 2.40. The Morgan fingerprint density at radius 1 is 1.16 bits per heavy atom. The maximum Gasteiger partial charge on any atom is 0.0409 e. The smallest absolute Gasteiger partial charge is 0.0409 e. The predicted molar refractivity (Wildman–Crippen MR) is 89.0 cm³/mol. The Hall–Kier alpha value is -0.470. The van der Waals surface area contributed by atoms with Gasteiger partial charge in [0, 0.05) is 11.8 Å². The molecule has 0 radical (unpaired) electrons. The van der Waals surface area contributed by atoms with Crippen molar-refractivity contribution in [3.63, 3.8) is 0 Å². The lowest BCUT2D eigenvalue weighted by atomic mass is 10.0. The summed E-state index contributed by atoms with van der Waals surface area (Å²) in [6, 6.07) is 9.61. The summed E-state index contributed by atoms with van der Waals surface area (Å²) in [7, 11) is 2.06. The van der Waals surface area contributed by atoms with Gasteiger partial charge < -0.3 is 5.32 Å². The lowest BCUT2D eigenvalue weighted by Gasteiger charge is -2.17. The first-order valence-electron chi connectivity index (χ1n) is 7.51. The molecule has 0 aromatic heterocycles. The number of aryl methyl sites for hydroxylation is 1. The largest absolute Gasteiger partial charge is 0.312 e. The molecule has 0 fully saturated rings. The van der Waals surface area contributed by atoms with E-state index in [-0.39, 0.29) is 0 Å². The molecule has 1 rings (SSSR count). The molecule has 1 N–H and O–H groups in total. The van der Waals surface area contributed by atoms with Gasteiger partial charge in [-0.1, -0.05) is 51.5 Å². The quantitative estimate of drug-likeness (QED) is 0.659. The molecular weight excluding hydrogens is 250 g/mol. The summed E-state index contributed by atoms with van der Waals surface area (Å²) >= 11 is 2.06. The van der Waals surface area contributed by atoms with E-state index in [1.807, 2.05) is 0 Å². The van der Waals surface area contributed by atoms with Gasteiger partial charge in [-0.15, -0.1) is 0 Å². The zero-order chi connectivity index (χ0) is 14.1. The van der Waals surface area contributed by atoms with Gasteiger partial charge in [-0.3, -0.25) is 0 Å². The Bertz CT molecular complexity index is 332. The van der Waals surface area contributed by atoms with Gasteiger partial charge in [0.1, 0.15) is 0 Å². The van der Waals surface area contributed by atoms with Gasteiger partial charge >= 0.3 is 0 Å². The summed E-state index contributed by atoms with van der Waals surface area (Å²) in [6.45, 7) is 6.82. The van der Waals surface area contributed by atoms with Crippen LogP contribution in [-0.4, -0.2) is 18.6 Å². The van der Waals surface area contributed by atoms with Gasteiger partial charge in [-0.2, -0.15) is 11.8 Å². The van der Waals surface area contributed by atoms with Crippen LogP contribution in [0.4, 0.5) is 0 Å². The molecule has 0 aliphatic heterocycles. The lowest BCUT2D eigenvalue weighted by molar-refractivity contribution is 0.628. The maximum atomic E-state index is 3.44. The van der Waals surface area contributed by atoms with Crippen molar-refractivity contribution in [3.05, 3.63) is 35.4 Å². The zero-order valence-corrected chi connectivity index (χ0v) is 13.7. The number of rotatable bonds is 9. The van der Waals surface area contributed by atoms with Crippen LogP contribution in [0.15, 0.2) is 24.3 Å². The van der Waals surface area contributed by atoms with Crippen LogP contribution in [-0.2, 0) is 6.42 Å². The third-order valence-electron chi connectivity index (χ3n) is 3.39. The molecule has 1 aromatic rings. The second-order valence-electron chi connectivity index (χ2n) is 5.59. The maximum absolute atomic E-state index is 3.44. The second kappa shape index (κ2) is 9.44. The minimum atomic E-state index is 0.479. The topological polar surface area (TPSA) is 12.0 Å². The van der Waals surface area contributed by atoms with Crippen molar-refractivity contribution in [2.45, 2.75) is 46.1 Å². The molecule has 1 aromatic carbocycles. The highest BCUT2D eigenvalue weighted by atomic mass is 32.2. The molecule has 0 spiro atoms. The summed E-state index contributed by atoms with van der Waals surface area (Å²) in [5.41, 5.74) is 2.87. The minimum absolute atomic E-state index is 0.479. The number of thioether (sulfide) groups is 1. The van der Waals surface area contributed by atoms with Crippen LogP contribution in [0.3, 0.4) is 0 Å². The Morgan fingerprint density at radius 2 is 1.84 bits per heavy atom. The summed E-state index contributed by atoms with van der Waals surface area (Å²) in [4.78, 5) is 0. The Balaban J connectivity index is 2.45. The molecule has 0 saturated carbocycles. The van der Waals surface area contributed by atoms with E-state index >= 15 is 0 Å². The highest BCUT2D eigenvalue weighted by Gasteiger charge is 2.09. The van der Waals surface area contributed by atoms with Crippen LogP contribution < -0.4 is 5.32 Å². The van der Waals surface area contributed by atoms with Crippen LogP contribution >= 0.6 is 11.8 Å². The first-order valence-corrected chi connectivity index (χ1v) is 8.66. The van der Waals surface area contributed by atoms with Crippen molar-refractivity contribution in [2.24, 2.45) is 5.92 Å². The normalized spacial score (nSPS) is 12.9. The Kier molecular flexibility index (Phi) is 8.24. The highest BCUT2D eigenvalue weighted by molar-refractivity contribution is 7.99. The molecule has 0 aliphatic carbocycles. The van der Waals surface area contributed by atoms with Gasteiger partial charge in [0.05, 0.1) is 0 Å². The van der Waals surface area contributed by atoms with Crippen LogP contribution in [0.5, 0.6) is 0 Å². The van der Waals surface area contributed by atoms with Crippen molar-refractivity contribution in [2.75, 3.05) is 18.6 Å². The van der Waals surface area contributed by atoms with E-state index < -0.39 is 0 Å². The summed E-state index contributed by atoms with van der Waals surface area (Å²) in [5, 5.41) is 3.44. The first-order chi connectivity index (χ1) is 9.17. The van der Waals surface area contributed by atoms with Crippen LogP contribution in [0, 0.1) is 5.92 Å². The molecule has 108 valence electrons.